The Kier molecular flexibility index (Phi) is 2.72. The summed E-state index contributed by atoms with van der Waals surface area (Å²) in [6.45, 7) is 2.03. The molecule has 0 aliphatic carbocycles. The van der Waals surface area contributed by atoms with Crippen LogP contribution in [0, 0.1) is 5.82 Å². The van der Waals surface area contributed by atoms with Crippen LogP contribution in [0.15, 0.2) is 36.7 Å². The summed E-state index contributed by atoms with van der Waals surface area (Å²) >= 11 is 0. The van der Waals surface area contributed by atoms with E-state index in [0.717, 1.165) is 23.4 Å². The van der Waals surface area contributed by atoms with Gasteiger partial charge in [-0.3, -0.25) is 9.97 Å². The van der Waals surface area contributed by atoms with Crippen LogP contribution in [0.3, 0.4) is 0 Å². The van der Waals surface area contributed by atoms with Crippen molar-refractivity contribution in [3.8, 4) is 11.3 Å². The van der Waals surface area contributed by atoms with Crippen LogP contribution >= 0.6 is 0 Å². The van der Waals surface area contributed by atoms with Crippen LogP contribution in [-0.4, -0.2) is 9.97 Å². The van der Waals surface area contributed by atoms with Gasteiger partial charge in [0.05, 0.1) is 17.6 Å². The molecule has 2 aromatic rings. The van der Waals surface area contributed by atoms with Gasteiger partial charge in [-0.1, -0.05) is 6.92 Å². The summed E-state index contributed by atoms with van der Waals surface area (Å²) < 4.78 is 12.7. The fourth-order valence-corrected chi connectivity index (χ4v) is 1.31. The van der Waals surface area contributed by atoms with Gasteiger partial charge in [-0.05, 0) is 30.7 Å². The van der Waals surface area contributed by atoms with E-state index in [1.165, 1.54) is 12.1 Å². The first-order valence-electron chi connectivity index (χ1n) is 4.86. The fourth-order valence-electron chi connectivity index (χ4n) is 1.31. The molecule has 2 rings (SSSR count). The Morgan fingerprint density at radius 3 is 2.33 bits per heavy atom. The Bertz CT molecular complexity index is 434. The number of halogens is 1. The minimum atomic E-state index is -0.239. The smallest absolute Gasteiger partial charge is 0.123 e. The Balaban J connectivity index is 2.33. The molecule has 1 heterocycles. The zero-order valence-corrected chi connectivity index (χ0v) is 8.44. The normalized spacial score (nSPS) is 10.3. The molecular weight excluding hydrogens is 191 g/mol. The molecule has 0 aliphatic heterocycles. The molecule has 0 amide bonds. The average molecular weight is 202 g/mol. The number of aryl methyl sites for hydroxylation is 1. The van der Waals surface area contributed by atoms with Crippen LogP contribution in [0.5, 0.6) is 0 Å². The number of hydrogen-bond acceptors (Lipinski definition) is 2. The number of rotatable bonds is 2. The largest absolute Gasteiger partial charge is 0.257 e. The van der Waals surface area contributed by atoms with E-state index < -0.39 is 0 Å². The van der Waals surface area contributed by atoms with Gasteiger partial charge in [0, 0.05) is 11.8 Å². The molecule has 15 heavy (non-hydrogen) atoms. The van der Waals surface area contributed by atoms with E-state index >= 15 is 0 Å². The van der Waals surface area contributed by atoms with Crippen molar-refractivity contribution in [2.24, 2.45) is 0 Å². The van der Waals surface area contributed by atoms with Crippen molar-refractivity contribution < 1.29 is 4.39 Å². The molecule has 0 fully saturated rings. The van der Waals surface area contributed by atoms with E-state index in [0.29, 0.717) is 0 Å². The highest BCUT2D eigenvalue weighted by atomic mass is 19.1. The highest BCUT2D eigenvalue weighted by molar-refractivity contribution is 5.57. The molecule has 0 atom stereocenters. The van der Waals surface area contributed by atoms with Crippen molar-refractivity contribution in [3.63, 3.8) is 0 Å². The maximum atomic E-state index is 12.7. The molecule has 1 aromatic carbocycles. The summed E-state index contributed by atoms with van der Waals surface area (Å²) in [5.41, 5.74) is 2.61. The van der Waals surface area contributed by atoms with Gasteiger partial charge in [0.2, 0.25) is 0 Å². The predicted molar refractivity (Wildman–Crippen MR) is 56.8 cm³/mol. The monoisotopic (exact) mass is 202 g/mol. The Hall–Kier alpha value is -1.77. The highest BCUT2D eigenvalue weighted by Crippen LogP contribution is 2.15. The lowest BCUT2D eigenvalue weighted by molar-refractivity contribution is 0.628. The van der Waals surface area contributed by atoms with Crippen molar-refractivity contribution in [1.29, 1.82) is 0 Å². The molecule has 3 heteroatoms. The lowest BCUT2D eigenvalue weighted by Crippen LogP contribution is -1.91. The topological polar surface area (TPSA) is 25.8 Å². The maximum Gasteiger partial charge on any atom is 0.123 e. The average Bonchev–Trinajstić information content (AvgIpc) is 2.30. The van der Waals surface area contributed by atoms with Gasteiger partial charge in [0.1, 0.15) is 5.82 Å². The summed E-state index contributed by atoms with van der Waals surface area (Å²) in [5.74, 6) is -0.239. The van der Waals surface area contributed by atoms with Gasteiger partial charge in [0.25, 0.3) is 0 Å². The first-order valence-corrected chi connectivity index (χ1v) is 4.86. The van der Waals surface area contributed by atoms with Crippen LogP contribution < -0.4 is 0 Å². The molecule has 0 N–H and O–H groups in total. The molecule has 0 bridgehead atoms. The van der Waals surface area contributed by atoms with Gasteiger partial charge >= 0.3 is 0 Å². The van der Waals surface area contributed by atoms with E-state index in [1.54, 1.807) is 24.5 Å². The summed E-state index contributed by atoms with van der Waals surface area (Å²) in [4.78, 5) is 8.50. The Morgan fingerprint density at radius 2 is 1.80 bits per heavy atom. The quantitative estimate of drug-likeness (QED) is 0.748. The van der Waals surface area contributed by atoms with Gasteiger partial charge < -0.3 is 0 Å². The van der Waals surface area contributed by atoms with E-state index in [1.807, 2.05) is 6.92 Å². The second-order valence-corrected chi connectivity index (χ2v) is 3.25. The van der Waals surface area contributed by atoms with Crippen molar-refractivity contribution >= 4 is 0 Å². The van der Waals surface area contributed by atoms with Crippen LogP contribution in [0.4, 0.5) is 4.39 Å². The summed E-state index contributed by atoms with van der Waals surface area (Å²) in [7, 11) is 0. The standard InChI is InChI=1S/C12H11FN2/c1-2-11-7-15-12(8-14-11)9-3-5-10(13)6-4-9/h3-8H,2H2,1H3. The van der Waals surface area contributed by atoms with Crippen LogP contribution in [0.1, 0.15) is 12.6 Å². The number of hydrogen-bond donors (Lipinski definition) is 0. The molecule has 1 aromatic heterocycles. The lowest BCUT2D eigenvalue weighted by Gasteiger charge is -2.00. The molecule has 76 valence electrons. The minimum absolute atomic E-state index is 0.239. The highest BCUT2D eigenvalue weighted by Gasteiger charge is 2.00. The fraction of sp³-hybridized carbons (Fsp3) is 0.167. The maximum absolute atomic E-state index is 12.7. The van der Waals surface area contributed by atoms with Crippen LogP contribution in [0.2, 0.25) is 0 Å². The number of aromatic nitrogens is 2. The van der Waals surface area contributed by atoms with Gasteiger partial charge in [-0.15, -0.1) is 0 Å². The molecule has 0 spiro atoms. The predicted octanol–water partition coefficient (Wildman–Crippen LogP) is 2.85. The first-order chi connectivity index (χ1) is 7.29. The Morgan fingerprint density at radius 1 is 1.07 bits per heavy atom. The van der Waals surface area contributed by atoms with Crippen molar-refractivity contribution in [2.45, 2.75) is 13.3 Å². The van der Waals surface area contributed by atoms with Crippen molar-refractivity contribution in [3.05, 3.63) is 48.2 Å². The molecule has 0 aliphatic rings. The third kappa shape index (κ3) is 2.18. The molecule has 0 saturated carbocycles. The second-order valence-electron chi connectivity index (χ2n) is 3.25. The first kappa shape index (κ1) is 9.77. The van der Waals surface area contributed by atoms with Crippen molar-refractivity contribution in [2.75, 3.05) is 0 Å². The van der Waals surface area contributed by atoms with Gasteiger partial charge in [-0.2, -0.15) is 0 Å². The second kappa shape index (κ2) is 4.17. The molecule has 2 nitrogen and oxygen atoms in total. The molecule has 0 saturated heterocycles. The number of nitrogens with zero attached hydrogens (tertiary/aromatic N) is 2. The van der Waals surface area contributed by atoms with Crippen LogP contribution in [0.25, 0.3) is 11.3 Å². The zero-order chi connectivity index (χ0) is 10.7. The van der Waals surface area contributed by atoms with Crippen LogP contribution in [-0.2, 0) is 6.42 Å². The van der Waals surface area contributed by atoms with E-state index in [4.69, 9.17) is 0 Å². The van der Waals surface area contributed by atoms with E-state index in [9.17, 15) is 4.39 Å². The van der Waals surface area contributed by atoms with E-state index in [2.05, 4.69) is 9.97 Å². The van der Waals surface area contributed by atoms with Gasteiger partial charge in [0.15, 0.2) is 0 Å². The lowest BCUT2D eigenvalue weighted by atomic mass is 10.1. The molecule has 0 radical (unpaired) electrons. The summed E-state index contributed by atoms with van der Waals surface area (Å²) in [6.07, 6.45) is 4.33. The molecular formula is C12H11FN2. The third-order valence-electron chi connectivity index (χ3n) is 2.21. The zero-order valence-electron chi connectivity index (χ0n) is 8.44. The SMILES string of the molecule is CCc1cnc(-c2ccc(F)cc2)cn1. The minimum Gasteiger partial charge on any atom is -0.257 e. The molecule has 0 unspecified atom stereocenters. The number of benzene rings is 1. The van der Waals surface area contributed by atoms with Gasteiger partial charge in [-0.25, -0.2) is 4.39 Å². The van der Waals surface area contributed by atoms with Crippen molar-refractivity contribution in [1.82, 2.24) is 9.97 Å². The summed E-state index contributed by atoms with van der Waals surface area (Å²) in [5, 5.41) is 0. The summed E-state index contributed by atoms with van der Waals surface area (Å²) in [6, 6.07) is 6.24. The Labute approximate surface area is 87.8 Å². The third-order valence-corrected chi connectivity index (χ3v) is 2.21. The van der Waals surface area contributed by atoms with E-state index in [-0.39, 0.29) is 5.82 Å².